The number of amides is 1. The van der Waals surface area contributed by atoms with Gasteiger partial charge in [0.05, 0.1) is 12.7 Å². The summed E-state index contributed by atoms with van der Waals surface area (Å²) < 4.78 is 5.95. The van der Waals surface area contributed by atoms with Crippen LogP contribution in [0.15, 0.2) is 41.0 Å². The van der Waals surface area contributed by atoms with E-state index < -0.39 is 0 Å². The Balaban J connectivity index is 1.72. The van der Waals surface area contributed by atoms with Crippen LogP contribution in [0.1, 0.15) is 35.2 Å². The maximum Gasteiger partial charge on any atom is 0.252 e. The molecule has 132 valence electrons. The average molecular weight is 404 g/mol. The Morgan fingerprint density at radius 2 is 2.08 bits per heavy atom. The molecule has 1 aromatic heterocycles. The van der Waals surface area contributed by atoms with E-state index in [0.717, 1.165) is 28.9 Å². The molecular formula is C19H22BrN3O2. The minimum atomic E-state index is -0.140. The summed E-state index contributed by atoms with van der Waals surface area (Å²) in [6.07, 6.45) is 5.48. The molecule has 2 heterocycles. The SMILES string of the molecule is COc1ccc(Br)c(C(=O)NCc2cccnc2N2CCCCC2)c1. The van der Waals surface area contributed by atoms with Crippen molar-refractivity contribution < 1.29 is 9.53 Å². The maximum atomic E-state index is 12.6. The minimum absolute atomic E-state index is 0.140. The summed E-state index contributed by atoms with van der Waals surface area (Å²) >= 11 is 3.43. The van der Waals surface area contributed by atoms with Gasteiger partial charge in [0.2, 0.25) is 0 Å². The van der Waals surface area contributed by atoms with Crippen molar-refractivity contribution in [2.45, 2.75) is 25.8 Å². The van der Waals surface area contributed by atoms with E-state index in [9.17, 15) is 4.79 Å². The molecule has 1 aliphatic heterocycles. The van der Waals surface area contributed by atoms with E-state index in [1.54, 1.807) is 13.2 Å². The van der Waals surface area contributed by atoms with Crippen LogP contribution < -0.4 is 15.0 Å². The fraction of sp³-hybridized carbons (Fsp3) is 0.368. The fourth-order valence-electron chi connectivity index (χ4n) is 3.03. The van der Waals surface area contributed by atoms with Gasteiger partial charge in [0.15, 0.2) is 0 Å². The molecule has 0 atom stereocenters. The number of halogens is 1. The lowest BCUT2D eigenvalue weighted by atomic mass is 10.1. The molecule has 0 aliphatic carbocycles. The molecule has 0 bridgehead atoms. The van der Waals surface area contributed by atoms with Gasteiger partial charge in [-0.1, -0.05) is 6.07 Å². The molecule has 0 unspecified atom stereocenters. The van der Waals surface area contributed by atoms with Gasteiger partial charge >= 0.3 is 0 Å². The van der Waals surface area contributed by atoms with E-state index >= 15 is 0 Å². The maximum absolute atomic E-state index is 12.6. The minimum Gasteiger partial charge on any atom is -0.497 e. The monoisotopic (exact) mass is 403 g/mol. The van der Waals surface area contributed by atoms with Crippen LogP contribution >= 0.6 is 15.9 Å². The van der Waals surface area contributed by atoms with Gasteiger partial charge in [-0.05, 0) is 59.5 Å². The number of carbonyl (C=O) groups is 1. The van der Waals surface area contributed by atoms with Crippen molar-refractivity contribution in [3.63, 3.8) is 0 Å². The van der Waals surface area contributed by atoms with Crippen LogP contribution in [0, 0.1) is 0 Å². The predicted molar refractivity (Wildman–Crippen MR) is 102 cm³/mol. The summed E-state index contributed by atoms with van der Waals surface area (Å²) in [5.41, 5.74) is 1.60. The van der Waals surface area contributed by atoms with Crippen molar-refractivity contribution in [3.05, 3.63) is 52.1 Å². The second-order valence-electron chi connectivity index (χ2n) is 6.06. The highest BCUT2D eigenvalue weighted by atomic mass is 79.9. The summed E-state index contributed by atoms with van der Waals surface area (Å²) in [7, 11) is 1.59. The first-order valence-electron chi connectivity index (χ1n) is 8.49. The number of methoxy groups -OCH3 is 1. The standard InChI is InChI=1S/C19H22BrN3O2/c1-25-15-7-8-17(20)16(12-15)19(24)22-13-14-6-5-9-21-18(14)23-10-3-2-4-11-23/h5-9,12H,2-4,10-11,13H2,1H3,(H,22,24). The van der Waals surface area contributed by atoms with Gasteiger partial charge in [-0.2, -0.15) is 0 Å². The highest BCUT2D eigenvalue weighted by Gasteiger charge is 2.17. The Bertz CT molecular complexity index is 745. The molecule has 0 saturated carbocycles. The van der Waals surface area contributed by atoms with Gasteiger partial charge in [-0.25, -0.2) is 4.98 Å². The van der Waals surface area contributed by atoms with Crippen molar-refractivity contribution in [3.8, 4) is 5.75 Å². The number of nitrogens with one attached hydrogen (secondary N) is 1. The number of ether oxygens (including phenoxy) is 1. The van der Waals surface area contributed by atoms with Gasteiger partial charge in [0, 0.05) is 35.9 Å². The average Bonchev–Trinajstić information content (AvgIpc) is 2.67. The van der Waals surface area contributed by atoms with Crippen LogP contribution in [0.2, 0.25) is 0 Å². The zero-order chi connectivity index (χ0) is 17.6. The second-order valence-corrected chi connectivity index (χ2v) is 6.92. The molecule has 3 rings (SSSR count). The summed E-state index contributed by atoms with van der Waals surface area (Å²) in [6.45, 7) is 2.50. The lowest BCUT2D eigenvalue weighted by Gasteiger charge is -2.29. The first-order valence-corrected chi connectivity index (χ1v) is 9.29. The fourth-order valence-corrected chi connectivity index (χ4v) is 3.46. The molecule has 1 aliphatic rings. The Hall–Kier alpha value is -2.08. The Morgan fingerprint density at radius 3 is 2.84 bits per heavy atom. The van der Waals surface area contributed by atoms with E-state index in [1.807, 2.05) is 30.5 Å². The molecule has 6 heteroatoms. The van der Waals surface area contributed by atoms with Crippen LogP contribution in [0.3, 0.4) is 0 Å². The first-order chi connectivity index (χ1) is 12.2. The molecule has 1 N–H and O–H groups in total. The smallest absolute Gasteiger partial charge is 0.252 e. The largest absolute Gasteiger partial charge is 0.497 e. The summed E-state index contributed by atoms with van der Waals surface area (Å²) in [6, 6.07) is 9.30. The molecule has 25 heavy (non-hydrogen) atoms. The molecular weight excluding hydrogens is 382 g/mol. The van der Waals surface area contributed by atoms with Crippen LogP contribution in [-0.4, -0.2) is 31.1 Å². The van der Waals surface area contributed by atoms with Gasteiger partial charge in [-0.15, -0.1) is 0 Å². The third-order valence-electron chi connectivity index (χ3n) is 4.38. The van der Waals surface area contributed by atoms with E-state index in [4.69, 9.17) is 4.74 Å². The van der Waals surface area contributed by atoms with Crippen molar-refractivity contribution in [1.29, 1.82) is 0 Å². The number of carbonyl (C=O) groups excluding carboxylic acids is 1. The van der Waals surface area contributed by atoms with E-state index in [0.29, 0.717) is 17.9 Å². The van der Waals surface area contributed by atoms with Crippen LogP contribution in [0.25, 0.3) is 0 Å². The third kappa shape index (κ3) is 4.31. The lowest BCUT2D eigenvalue weighted by molar-refractivity contribution is 0.0950. The highest BCUT2D eigenvalue weighted by molar-refractivity contribution is 9.10. The molecule has 5 nitrogen and oxygen atoms in total. The number of benzene rings is 1. The van der Waals surface area contributed by atoms with Crippen molar-refractivity contribution in [2.24, 2.45) is 0 Å². The topological polar surface area (TPSA) is 54.5 Å². The zero-order valence-electron chi connectivity index (χ0n) is 14.3. The van der Waals surface area contributed by atoms with Crippen molar-refractivity contribution in [2.75, 3.05) is 25.1 Å². The lowest BCUT2D eigenvalue weighted by Crippen LogP contribution is -2.32. The molecule has 0 radical (unpaired) electrons. The molecule has 2 aromatic rings. The quantitative estimate of drug-likeness (QED) is 0.825. The number of piperidine rings is 1. The van der Waals surface area contributed by atoms with Crippen molar-refractivity contribution in [1.82, 2.24) is 10.3 Å². The highest BCUT2D eigenvalue weighted by Crippen LogP contribution is 2.24. The number of hydrogen-bond donors (Lipinski definition) is 1. The molecule has 1 saturated heterocycles. The molecule has 1 amide bonds. The van der Waals surface area contributed by atoms with Gasteiger partial charge < -0.3 is 15.0 Å². The van der Waals surface area contributed by atoms with Crippen molar-refractivity contribution >= 4 is 27.7 Å². The Morgan fingerprint density at radius 1 is 1.28 bits per heavy atom. The summed E-state index contributed by atoms with van der Waals surface area (Å²) in [5, 5.41) is 3.00. The van der Waals surface area contributed by atoms with Gasteiger partial charge in [-0.3, -0.25) is 4.79 Å². The van der Waals surface area contributed by atoms with E-state index in [1.165, 1.54) is 19.3 Å². The predicted octanol–water partition coefficient (Wildman–Crippen LogP) is 3.77. The Kier molecular flexibility index (Phi) is 5.91. The van der Waals surface area contributed by atoms with Gasteiger partial charge in [0.25, 0.3) is 5.91 Å². The van der Waals surface area contributed by atoms with E-state index in [2.05, 4.69) is 31.1 Å². The number of rotatable bonds is 5. The van der Waals surface area contributed by atoms with Crippen LogP contribution in [0.5, 0.6) is 5.75 Å². The third-order valence-corrected chi connectivity index (χ3v) is 5.07. The number of hydrogen-bond acceptors (Lipinski definition) is 4. The van der Waals surface area contributed by atoms with E-state index in [-0.39, 0.29) is 5.91 Å². The number of nitrogens with zero attached hydrogens (tertiary/aromatic N) is 2. The molecule has 0 spiro atoms. The first kappa shape index (κ1) is 17.7. The number of aromatic nitrogens is 1. The normalized spacial score (nSPS) is 14.2. The second kappa shape index (κ2) is 8.34. The summed E-state index contributed by atoms with van der Waals surface area (Å²) in [4.78, 5) is 19.4. The number of pyridine rings is 1. The van der Waals surface area contributed by atoms with Gasteiger partial charge in [0.1, 0.15) is 11.6 Å². The number of anilines is 1. The molecule has 1 fully saturated rings. The zero-order valence-corrected chi connectivity index (χ0v) is 15.9. The van der Waals surface area contributed by atoms with Crippen LogP contribution in [-0.2, 0) is 6.54 Å². The molecule has 1 aromatic carbocycles. The summed E-state index contributed by atoms with van der Waals surface area (Å²) in [5.74, 6) is 1.50. The van der Waals surface area contributed by atoms with Crippen LogP contribution in [0.4, 0.5) is 5.82 Å². The Labute approximate surface area is 156 Å².